The zero-order valence-corrected chi connectivity index (χ0v) is 18.2. The maximum absolute atomic E-state index is 14.6. The van der Waals surface area contributed by atoms with Crippen molar-refractivity contribution < 1.29 is 82.0 Å². The molecule has 0 fully saturated rings. The standard InChI is InChI=1S/C22H2F10O8/c23-1-3(24)5-6(20(34)39-19(5)33)4(25)2-37-16-12(29)14(31)18(15(32)13(16)30)38-17-10(27)8-7(9(26)11(17)28)21(35)40-22(8)36/h1-2H/b3-1-,4-2-. The third kappa shape index (κ3) is 4.12. The lowest BCUT2D eigenvalue weighted by Gasteiger charge is -2.14. The number of carbonyl (C=O) groups is 4. The highest BCUT2D eigenvalue weighted by Crippen LogP contribution is 2.42. The van der Waals surface area contributed by atoms with Crippen LogP contribution in [-0.4, -0.2) is 23.9 Å². The number of hydrogen-bond donors (Lipinski definition) is 0. The third-order valence-corrected chi connectivity index (χ3v) is 4.96. The van der Waals surface area contributed by atoms with Gasteiger partial charge in [0.1, 0.15) is 34.9 Å². The second-order valence-electron chi connectivity index (χ2n) is 7.18. The topological polar surface area (TPSA) is 105 Å². The van der Waals surface area contributed by atoms with Crippen LogP contribution in [0.4, 0.5) is 43.9 Å². The first-order valence-corrected chi connectivity index (χ1v) is 9.73. The number of halogens is 10. The van der Waals surface area contributed by atoms with Gasteiger partial charge in [0.05, 0.1) is 0 Å². The number of esters is 4. The maximum Gasteiger partial charge on any atom is 0.350 e. The minimum Gasteiger partial charge on any atom is -0.455 e. The number of fused-ring (bicyclic) bond motifs is 1. The van der Waals surface area contributed by atoms with Crippen molar-refractivity contribution in [2.45, 2.75) is 0 Å². The minimum atomic E-state index is -2.65. The molecule has 4 rings (SSSR count). The van der Waals surface area contributed by atoms with E-state index in [9.17, 15) is 63.1 Å². The van der Waals surface area contributed by atoms with Gasteiger partial charge in [0.15, 0.2) is 23.3 Å². The predicted molar refractivity (Wildman–Crippen MR) is 101 cm³/mol. The van der Waals surface area contributed by atoms with Crippen LogP contribution >= 0.6 is 0 Å². The molecule has 2 aromatic rings. The Balaban J connectivity index is 1.76. The molecule has 208 valence electrons. The van der Waals surface area contributed by atoms with Crippen LogP contribution in [0.5, 0.6) is 17.2 Å². The third-order valence-electron chi connectivity index (χ3n) is 4.96. The molecular weight excluding hydrogens is 582 g/mol. The van der Waals surface area contributed by atoms with E-state index in [1.54, 1.807) is 0 Å². The number of hydrogen-bond acceptors (Lipinski definition) is 8. The van der Waals surface area contributed by atoms with E-state index in [1.165, 1.54) is 0 Å². The SMILES string of the molecule is O=C1OC(=O)C(C(/F)=C/Oc2c(F)c(F)c(Oc3c(F)c(F)c4c(c3F)C(=O)OC4=O)c(F)c2F)=C1/C(F)=C/F. The van der Waals surface area contributed by atoms with Gasteiger partial charge in [-0.1, -0.05) is 0 Å². The van der Waals surface area contributed by atoms with Crippen molar-refractivity contribution in [2.24, 2.45) is 0 Å². The van der Waals surface area contributed by atoms with E-state index in [0.29, 0.717) is 0 Å². The quantitative estimate of drug-likeness (QED) is 0.152. The summed E-state index contributed by atoms with van der Waals surface area (Å²) in [5.41, 5.74) is -6.39. The van der Waals surface area contributed by atoms with Gasteiger partial charge in [-0.3, -0.25) is 0 Å². The molecule has 0 saturated carbocycles. The van der Waals surface area contributed by atoms with E-state index in [0.717, 1.165) is 0 Å². The lowest BCUT2D eigenvalue weighted by Crippen LogP contribution is -2.09. The summed E-state index contributed by atoms with van der Waals surface area (Å²) in [4.78, 5) is 45.9. The van der Waals surface area contributed by atoms with E-state index in [2.05, 4.69) is 18.9 Å². The Morgan fingerprint density at radius 2 is 0.950 bits per heavy atom. The fourth-order valence-corrected chi connectivity index (χ4v) is 3.23. The molecule has 2 aliphatic heterocycles. The van der Waals surface area contributed by atoms with Gasteiger partial charge in [-0.2, -0.15) is 22.0 Å². The molecule has 0 spiro atoms. The Morgan fingerprint density at radius 1 is 0.550 bits per heavy atom. The number of cyclic esters (lactones) is 4. The van der Waals surface area contributed by atoms with Crippen molar-refractivity contribution in [3.63, 3.8) is 0 Å². The Labute approximate surface area is 211 Å². The van der Waals surface area contributed by atoms with Gasteiger partial charge in [-0.15, -0.1) is 0 Å². The first-order chi connectivity index (χ1) is 18.7. The summed E-state index contributed by atoms with van der Waals surface area (Å²) < 4.78 is 157. The summed E-state index contributed by atoms with van der Waals surface area (Å²) in [7, 11) is 0. The van der Waals surface area contributed by atoms with Crippen LogP contribution in [0.2, 0.25) is 0 Å². The molecule has 0 bridgehead atoms. The molecule has 0 unspecified atom stereocenters. The second kappa shape index (κ2) is 9.86. The molecule has 0 aromatic heterocycles. The molecule has 8 nitrogen and oxygen atoms in total. The number of carbonyl (C=O) groups excluding carboxylic acids is 4. The van der Waals surface area contributed by atoms with Crippen LogP contribution in [0, 0.1) is 40.7 Å². The van der Waals surface area contributed by atoms with Crippen LogP contribution in [0.15, 0.2) is 35.4 Å². The molecule has 0 N–H and O–H groups in total. The fourth-order valence-electron chi connectivity index (χ4n) is 3.23. The molecule has 0 amide bonds. The van der Waals surface area contributed by atoms with Crippen molar-refractivity contribution in [3.05, 3.63) is 87.2 Å². The van der Waals surface area contributed by atoms with Crippen molar-refractivity contribution in [1.82, 2.24) is 0 Å². The predicted octanol–water partition coefficient (Wildman–Crippen LogP) is 5.11. The normalized spacial score (nSPS) is 15.6. The minimum absolute atomic E-state index is 0.487. The number of rotatable bonds is 6. The Morgan fingerprint density at radius 3 is 1.48 bits per heavy atom. The number of benzene rings is 2. The fraction of sp³-hybridized carbons (Fsp3) is 0. The lowest BCUT2D eigenvalue weighted by atomic mass is 10.1. The van der Waals surface area contributed by atoms with Crippen molar-refractivity contribution in [2.75, 3.05) is 0 Å². The largest absolute Gasteiger partial charge is 0.455 e. The van der Waals surface area contributed by atoms with Crippen LogP contribution in [0.25, 0.3) is 0 Å². The second-order valence-corrected chi connectivity index (χ2v) is 7.18. The monoisotopic (exact) mass is 584 g/mol. The smallest absolute Gasteiger partial charge is 0.350 e. The van der Waals surface area contributed by atoms with E-state index >= 15 is 0 Å². The Bertz CT molecular complexity index is 1650. The summed E-state index contributed by atoms with van der Waals surface area (Å²) in [6.07, 6.45) is -1.37. The summed E-state index contributed by atoms with van der Waals surface area (Å²) in [5, 5.41) is 0. The van der Waals surface area contributed by atoms with Gasteiger partial charge < -0.3 is 18.9 Å². The summed E-state index contributed by atoms with van der Waals surface area (Å²) in [6, 6.07) is 0. The van der Waals surface area contributed by atoms with Crippen molar-refractivity contribution >= 4 is 23.9 Å². The van der Waals surface area contributed by atoms with E-state index in [1.807, 2.05) is 0 Å². The summed E-state index contributed by atoms with van der Waals surface area (Å²) in [6.45, 7) is 0. The van der Waals surface area contributed by atoms with Gasteiger partial charge in [0.25, 0.3) is 0 Å². The van der Waals surface area contributed by atoms with Crippen LogP contribution < -0.4 is 9.47 Å². The molecule has 0 atom stereocenters. The van der Waals surface area contributed by atoms with Gasteiger partial charge in [0, 0.05) is 0 Å². The summed E-state index contributed by atoms with van der Waals surface area (Å²) >= 11 is 0. The zero-order valence-electron chi connectivity index (χ0n) is 18.2. The van der Waals surface area contributed by atoms with Crippen LogP contribution in [-0.2, 0) is 19.1 Å². The number of ether oxygens (including phenoxy) is 4. The van der Waals surface area contributed by atoms with Gasteiger partial charge in [-0.25, -0.2) is 41.1 Å². The highest BCUT2D eigenvalue weighted by molar-refractivity contribution is 6.16. The molecule has 18 heteroatoms. The average molecular weight is 584 g/mol. The van der Waals surface area contributed by atoms with Crippen molar-refractivity contribution in [1.29, 1.82) is 0 Å². The molecule has 2 aliphatic rings. The van der Waals surface area contributed by atoms with Crippen LogP contribution in [0.1, 0.15) is 20.7 Å². The van der Waals surface area contributed by atoms with Crippen LogP contribution in [0.3, 0.4) is 0 Å². The molecule has 0 radical (unpaired) electrons. The van der Waals surface area contributed by atoms with E-state index in [4.69, 9.17) is 0 Å². The van der Waals surface area contributed by atoms with E-state index < -0.39 is 128 Å². The first kappa shape index (κ1) is 27.9. The van der Waals surface area contributed by atoms with Crippen molar-refractivity contribution in [3.8, 4) is 17.2 Å². The molecule has 2 aromatic carbocycles. The summed E-state index contributed by atoms with van der Waals surface area (Å²) in [5.74, 6) is -35.9. The molecule has 0 aliphatic carbocycles. The maximum atomic E-state index is 14.6. The highest BCUT2D eigenvalue weighted by atomic mass is 19.2. The Hall–Kier alpha value is -5.16. The molecule has 2 heterocycles. The lowest BCUT2D eigenvalue weighted by molar-refractivity contribution is -0.151. The van der Waals surface area contributed by atoms with Gasteiger partial charge in [0.2, 0.25) is 46.3 Å². The van der Waals surface area contributed by atoms with Gasteiger partial charge in [-0.05, 0) is 0 Å². The zero-order chi connectivity index (χ0) is 29.8. The Kier molecular flexibility index (Phi) is 6.87. The molecular formula is C22H2F10O8. The average Bonchev–Trinajstić information content (AvgIpc) is 3.38. The first-order valence-electron chi connectivity index (χ1n) is 9.73. The molecule has 40 heavy (non-hydrogen) atoms. The highest BCUT2D eigenvalue weighted by Gasteiger charge is 2.42. The van der Waals surface area contributed by atoms with Gasteiger partial charge >= 0.3 is 23.9 Å². The van der Waals surface area contributed by atoms with E-state index in [-0.39, 0.29) is 0 Å². The molecule has 0 saturated heterocycles.